The summed E-state index contributed by atoms with van der Waals surface area (Å²) >= 11 is 2.15. The third-order valence-electron chi connectivity index (χ3n) is 4.70. The molecule has 100 valence electrons. The molecule has 1 saturated heterocycles. The monoisotopic (exact) mass is 255 g/mol. The summed E-state index contributed by atoms with van der Waals surface area (Å²) in [6.07, 6.45) is 10.1. The first-order chi connectivity index (χ1) is 8.25. The van der Waals surface area contributed by atoms with Crippen molar-refractivity contribution in [2.24, 2.45) is 11.8 Å². The van der Waals surface area contributed by atoms with Gasteiger partial charge in [0.1, 0.15) is 0 Å². The molecule has 0 spiro atoms. The first kappa shape index (κ1) is 13.7. The molecule has 2 aliphatic rings. The Morgan fingerprint density at radius 1 is 1.06 bits per heavy atom. The van der Waals surface area contributed by atoms with Gasteiger partial charge < -0.3 is 5.32 Å². The van der Waals surface area contributed by atoms with Crippen LogP contribution in [0.1, 0.15) is 58.8 Å². The Kier molecular flexibility index (Phi) is 5.68. The average Bonchev–Trinajstić information content (AvgIpc) is 2.34. The van der Waals surface area contributed by atoms with Gasteiger partial charge in [-0.1, -0.05) is 39.5 Å². The van der Waals surface area contributed by atoms with Crippen molar-refractivity contribution in [1.29, 1.82) is 0 Å². The molecule has 2 heteroatoms. The first-order valence-corrected chi connectivity index (χ1v) is 8.65. The van der Waals surface area contributed by atoms with Gasteiger partial charge in [0.2, 0.25) is 0 Å². The van der Waals surface area contributed by atoms with E-state index in [9.17, 15) is 0 Å². The maximum Gasteiger partial charge on any atom is 0.0184 e. The largest absolute Gasteiger partial charge is 0.313 e. The van der Waals surface area contributed by atoms with Gasteiger partial charge in [0.05, 0.1) is 0 Å². The van der Waals surface area contributed by atoms with E-state index < -0.39 is 0 Å². The van der Waals surface area contributed by atoms with Crippen LogP contribution in [-0.4, -0.2) is 23.6 Å². The van der Waals surface area contributed by atoms with Crippen molar-refractivity contribution in [3.8, 4) is 0 Å². The molecule has 1 heterocycles. The number of hydrogen-bond acceptors (Lipinski definition) is 2. The smallest absolute Gasteiger partial charge is 0.0184 e. The minimum absolute atomic E-state index is 0.788. The van der Waals surface area contributed by atoms with Crippen LogP contribution in [-0.2, 0) is 0 Å². The quantitative estimate of drug-likeness (QED) is 0.812. The Morgan fingerprint density at radius 3 is 2.53 bits per heavy atom. The van der Waals surface area contributed by atoms with Crippen molar-refractivity contribution in [3.05, 3.63) is 0 Å². The second-order valence-corrected chi connectivity index (χ2v) is 7.68. The maximum absolute atomic E-state index is 3.81. The van der Waals surface area contributed by atoms with Crippen LogP contribution in [0.15, 0.2) is 0 Å². The lowest BCUT2D eigenvalue weighted by atomic mass is 9.81. The SMILES string of the molecule is CC1CCC(CCNC2CCCSC2C)CC1. The van der Waals surface area contributed by atoms with Crippen LogP contribution in [0, 0.1) is 11.8 Å². The fourth-order valence-corrected chi connectivity index (χ4v) is 4.45. The van der Waals surface area contributed by atoms with Gasteiger partial charge in [0, 0.05) is 11.3 Å². The topological polar surface area (TPSA) is 12.0 Å². The molecule has 0 aromatic carbocycles. The summed E-state index contributed by atoms with van der Waals surface area (Å²) in [6, 6.07) is 0.788. The van der Waals surface area contributed by atoms with Crippen molar-refractivity contribution in [1.82, 2.24) is 5.32 Å². The van der Waals surface area contributed by atoms with Crippen LogP contribution in [0.25, 0.3) is 0 Å². The summed E-state index contributed by atoms with van der Waals surface area (Å²) in [5.41, 5.74) is 0. The second kappa shape index (κ2) is 7.04. The Labute approximate surface area is 112 Å². The summed E-state index contributed by atoms with van der Waals surface area (Å²) in [7, 11) is 0. The molecule has 17 heavy (non-hydrogen) atoms. The van der Waals surface area contributed by atoms with E-state index in [0.29, 0.717) is 0 Å². The lowest BCUT2D eigenvalue weighted by molar-refractivity contribution is 0.271. The van der Waals surface area contributed by atoms with Gasteiger partial charge in [-0.2, -0.15) is 11.8 Å². The third-order valence-corrected chi connectivity index (χ3v) is 6.08. The average molecular weight is 255 g/mol. The zero-order valence-corrected chi connectivity index (χ0v) is 12.4. The molecule has 1 aliphatic heterocycles. The molecular formula is C15H29NS. The Balaban J connectivity index is 1.59. The maximum atomic E-state index is 3.81. The van der Waals surface area contributed by atoms with Crippen molar-refractivity contribution < 1.29 is 0 Å². The predicted molar refractivity (Wildman–Crippen MR) is 78.7 cm³/mol. The molecule has 1 N–H and O–H groups in total. The van der Waals surface area contributed by atoms with E-state index in [4.69, 9.17) is 0 Å². The van der Waals surface area contributed by atoms with Gasteiger partial charge in [-0.15, -0.1) is 0 Å². The molecule has 1 nitrogen and oxygen atoms in total. The number of hydrogen-bond donors (Lipinski definition) is 1. The van der Waals surface area contributed by atoms with Gasteiger partial charge in [0.25, 0.3) is 0 Å². The molecule has 2 rings (SSSR count). The van der Waals surface area contributed by atoms with E-state index in [0.717, 1.165) is 23.1 Å². The highest BCUT2D eigenvalue weighted by atomic mass is 32.2. The Hall–Kier alpha value is 0.310. The van der Waals surface area contributed by atoms with E-state index in [1.54, 1.807) is 0 Å². The molecule has 0 amide bonds. The molecular weight excluding hydrogens is 226 g/mol. The van der Waals surface area contributed by atoms with Crippen molar-refractivity contribution >= 4 is 11.8 Å². The minimum atomic E-state index is 0.788. The third kappa shape index (κ3) is 4.48. The molecule has 0 aromatic heterocycles. The predicted octanol–water partition coefficient (Wildman–Crippen LogP) is 4.08. The van der Waals surface area contributed by atoms with Crippen LogP contribution in [0.4, 0.5) is 0 Å². The van der Waals surface area contributed by atoms with Gasteiger partial charge >= 0.3 is 0 Å². The lowest BCUT2D eigenvalue weighted by Crippen LogP contribution is -2.40. The zero-order chi connectivity index (χ0) is 12.1. The minimum Gasteiger partial charge on any atom is -0.313 e. The highest BCUT2D eigenvalue weighted by molar-refractivity contribution is 7.99. The molecule has 1 saturated carbocycles. The Bertz CT molecular complexity index is 211. The molecule has 1 aliphatic carbocycles. The van der Waals surface area contributed by atoms with E-state index in [2.05, 4.69) is 30.9 Å². The highest BCUT2D eigenvalue weighted by Crippen LogP contribution is 2.30. The van der Waals surface area contributed by atoms with E-state index in [1.807, 2.05) is 0 Å². The van der Waals surface area contributed by atoms with E-state index >= 15 is 0 Å². The lowest BCUT2D eigenvalue weighted by Gasteiger charge is -2.31. The van der Waals surface area contributed by atoms with Crippen molar-refractivity contribution in [2.75, 3.05) is 12.3 Å². The summed E-state index contributed by atoms with van der Waals surface area (Å²) in [4.78, 5) is 0. The first-order valence-electron chi connectivity index (χ1n) is 7.60. The summed E-state index contributed by atoms with van der Waals surface area (Å²) in [6.45, 7) is 6.06. The number of thioether (sulfide) groups is 1. The van der Waals surface area contributed by atoms with Crippen LogP contribution in [0.3, 0.4) is 0 Å². The molecule has 0 bridgehead atoms. The standard InChI is InChI=1S/C15H29NS/c1-12-5-7-14(8-6-12)9-10-16-15-4-3-11-17-13(15)2/h12-16H,3-11H2,1-2H3. The van der Waals surface area contributed by atoms with Crippen LogP contribution in [0.2, 0.25) is 0 Å². The highest BCUT2D eigenvalue weighted by Gasteiger charge is 2.22. The molecule has 0 aromatic rings. The summed E-state index contributed by atoms with van der Waals surface area (Å²) in [5, 5.41) is 4.64. The normalized spacial score (nSPS) is 39.2. The van der Waals surface area contributed by atoms with Gasteiger partial charge in [-0.3, -0.25) is 0 Å². The second-order valence-electron chi connectivity index (χ2n) is 6.19. The molecule has 2 atom stereocenters. The van der Waals surface area contributed by atoms with Crippen LogP contribution >= 0.6 is 11.8 Å². The Morgan fingerprint density at radius 2 is 1.82 bits per heavy atom. The zero-order valence-electron chi connectivity index (χ0n) is 11.6. The van der Waals surface area contributed by atoms with Gasteiger partial charge in [-0.25, -0.2) is 0 Å². The van der Waals surface area contributed by atoms with Gasteiger partial charge in [0.15, 0.2) is 0 Å². The van der Waals surface area contributed by atoms with Crippen molar-refractivity contribution in [3.63, 3.8) is 0 Å². The van der Waals surface area contributed by atoms with Gasteiger partial charge in [-0.05, 0) is 43.4 Å². The molecule has 2 unspecified atom stereocenters. The van der Waals surface area contributed by atoms with Crippen LogP contribution in [0.5, 0.6) is 0 Å². The van der Waals surface area contributed by atoms with E-state index in [-0.39, 0.29) is 0 Å². The molecule has 2 fully saturated rings. The fourth-order valence-electron chi connectivity index (χ4n) is 3.28. The number of rotatable bonds is 4. The molecule has 0 radical (unpaired) electrons. The summed E-state index contributed by atoms with van der Waals surface area (Å²) in [5.74, 6) is 3.39. The summed E-state index contributed by atoms with van der Waals surface area (Å²) < 4.78 is 0. The number of nitrogens with one attached hydrogen (secondary N) is 1. The fraction of sp³-hybridized carbons (Fsp3) is 1.00. The van der Waals surface area contributed by atoms with Crippen LogP contribution < -0.4 is 5.32 Å². The van der Waals surface area contributed by atoms with E-state index in [1.165, 1.54) is 57.2 Å². The van der Waals surface area contributed by atoms with Crippen molar-refractivity contribution in [2.45, 2.75) is 70.1 Å².